The zero-order valence-electron chi connectivity index (χ0n) is 13.2. The molecule has 0 radical (unpaired) electrons. The number of piperidine rings is 1. The van der Waals surface area contributed by atoms with Crippen LogP contribution in [0.3, 0.4) is 0 Å². The molecule has 0 aliphatic carbocycles. The predicted molar refractivity (Wildman–Crippen MR) is 89.0 cm³/mol. The first-order valence-corrected chi connectivity index (χ1v) is 7.45. The number of nitrogens with zero attached hydrogens (tertiary/aromatic N) is 1. The van der Waals surface area contributed by atoms with Gasteiger partial charge in [-0.25, -0.2) is 0 Å². The lowest BCUT2D eigenvalue weighted by Crippen LogP contribution is -2.44. The van der Waals surface area contributed by atoms with Crippen LogP contribution in [0.15, 0.2) is 24.3 Å². The lowest BCUT2D eigenvalue weighted by Gasteiger charge is -2.31. The van der Waals surface area contributed by atoms with Gasteiger partial charge in [0, 0.05) is 19.1 Å². The molecule has 1 aliphatic rings. The maximum absolute atomic E-state index is 12.1. The van der Waals surface area contributed by atoms with Gasteiger partial charge in [0.2, 0.25) is 5.91 Å². The van der Waals surface area contributed by atoms with E-state index in [1.165, 1.54) is 0 Å². The van der Waals surface area contributed by atoms with Crippen LogP contribution < -0.4 is 14.8 Å². The van der Waals surface area contributed by atoms with Gasteiger partial charge in [0.15, 0.2) is 0 Å². The fraction of sp³-hybridized carbons (Fsp3) is 0.562. The number of halogens is 1. The largest absolute Gasteiger partial charge is 0.497 e. The monoisotopic (exact) mass is 328 g/mol. The van der Waals surface area contributed by atoms with Gasteiger partial charge in [0.05, 0.1) is 20.1 Å². The number of ether oxygens (including phenoxy) is 2. The van der Waals surface area contributed by atoms with Gasteiger partial charge in [-0.3, -0.25) is 4.79 Å². The molecule has 1 aromatic rings. The lowest BCUT2D eigenvalue weighted by atomic mass is 10.1. The van der Waals surface area contributed by atoms with Crippen molar-refractivity contribution in [2.24, 2.45) is 0 Å². The molecule has 1 amide bonds. The summed E-state index contributed by atoms with van der Waals surface area (Å²) in [7, 11) is 3.61. The molecule has 1 N–H and O–H groups in total. The SMILES string of the molecule is CNC1CCN(C(=O)CCOc2ccc(OC)cc2)CC1.Cl. The smallest absolute Gasteiger partial charge is 0.225 e. The molecule has 124 valence electrons. The van der Waals surface area contributed by atoms with Crippen LogP contribution in [0, 0.1) is 0 Å². The molecule has 0 atom stereocenters. The van der Waals surface area contributed by atoms with Gasteiger partial charge in [-0.15, -0.1) is 12.4 Å². The first-order chi connectivity index (χ1) is 10.2. The van der Waals surface area contributed by atoms with Crippen molar-refractivity contribution < 1.29 is 14.3 Å². The Morgan fingerprint density at radius 3 is 2.36 bits per heavy atom. The van der Waals surface area contributed by atoms with E-state index >= 15 is 0 Å². The van der Waals surface area contributed by atoms with Crippen LogP contribution in [0.2, 0.25) is 0 Å². The molecule has 1 aromatic carbocycles. The molecule has 1 saturated heterocycles. The van der Waals surface area contributed by atoms with Gasteiger partial charge in [-0.2, -0.15) is 0 Å². The molecular weight excluding hydrogens is 304 g/mol. The number of carbonyl (C=O) groups excluding carboxylic acids is 1. The Hall–Kier alpha value is -1.46. The summed E-state index contributed by atoms with van der Waals surface area (Å²) in [6, 6.07) is 7.94. The third kappa shape index (κ3) is 5.39. The van der Waals surface area contributed by atoms with Crippen molar-refractivity contribution >= 4 is 18.3 Å². The molecule has 1 heterocycles. The van der Waals surface area contributed by atoms with Crippen molar-refractivity contribution in [3.8, 4) is 11.5 Å². The highest BCUT2D eigenvalue weighted by molar-refractivity contribution is 5.85. The topological polar surface area (TPSA) is 50.8 Å². The van der Waals surface area contributed by atoms with E-state index < -0.39 is 0 Å². The summed E-state index contributed by atoms with van der Waals surface area (Å²) in [5, 5.41) is 3.26. The second-order valence-corrected chi connectivity index (χ2v) is 5.22. The molecule has 1 fully saturated rings. The molecule has 6 heteroatoms. The molecule has 5 nitrogen and oxygen atoms in total. The fourth-order valence-corrected chi connectivity index (χ4v) is 2.50. The van der Waals surface area contributed by atoms with Crippen molar-refractivity contribution in [1.82, 2.24) is 10.2 Å². The standard InChI is InChI=1S/C16H24N2O3.ClH/c1-17-13-7-10-18(11-8-13)16(19)9-12-21-15-5-3-14(20-2)4-6-15;/h3-6,13,17H,7-12H2,1-2H3;1H. The Labute approximate surface area is 138 Å². The van der Waals surface area contributed by atoms with Crippen LogP contribution in [0.4, 0.5) is 0 Å². The quantitative estimate of drug-likeness (QED) is 0.869. The Morgan fingerprint density at radius 1 is 1.23 bits per heavy atom. The number of likely N-dealkylation sites (tertiary alicyclic amines) is 1. The summed E-state index contributed by atoms with van der Waals surface area (Å²) in [6.07, 6.45) is 2.49. The maximum atomic E-state index is 12.1. The van der Waals surface area contributed by atoms with Crippen molar-refractivity contribution in [2.45, 2.75) is 25.3 Å². The van der Waals surface area contributed by atoms with Crippen LogP contribution >= 0.6 is 12.4 Å². The fourth-order valence-electron chi connectivity index (χ4n) is 2.50. The summed E-state index contributed by atoms with van der Waals surface area (Å²) in [4.78, 5) is 14.0. The van der Waals surface area contributed by atoms with Gasteiger partial charge in [0.25, 0.3) is 0 Å². The zero-order chi connectivity index (χ0) is 15.1. The number of carbonyl (C=O) groups is 1. The summed E-state index contributed by atoms with van der Waals surface area (Å²) < 4.78 is 10.7. The van der Waals surface area contributed by atoms with Gasteiger partial charge in [-0.1, -0.05) is 0 Å². The highest BCUT2D eigenvalue weighted by Crippen LogP contribution is 2.17. The Kier molecular flexibility index (Phi) is 8.06. The van der Waals surface area contributed by atoms with Gasteiger partial charge >= 0.3 is 0 Å². The van der Waals surface area contributed by atoms with Crippen molar-refractivity contribution in [3.05, 3.63) is 24.3 Å². The third-order valence-electron chi connectivity index (χ3n) is 3.90. The van der Waals surface area contributed by atoms with E-state index in [2.05, 4.69) is 5.32 Å². The number of amides is 1. The first kappa shape index (κ1) is 18.6. The minimum atomic E-state index is 0. The van der Waals surface area contributed by atoms with Crippen LogP contribution in [0.1, 0.15) is 19.3 Å². The van der Waals surface area contributed by atoms with Crippen LogP contribution in [-0.2, 0) is 4.79 Å². The first-order valence-electron chi connectivity index (χ1n) is 7.45. The van der Waals surface area contributed by atoms with Gasteiger partial charge < -0.3 is 19.7 Å². The molecular formula is C16H25ClN2O3. The average Bonchev–Trinajstić information content (AvgIpc) is 2.55. The molecule has 2 rings (SSSR count). The Morgan fingerprint density at radius 2 is 1.82 bits per heavy atom. The molecule has 0 unspecified atom stereocenters. The van der Waals surface area contributed by atoms with Gasteiger partial charge in [0.1, 0.15) is 11.5 Å². The average molecular weight is 329 g/mol. The van der Waals surface area contributed by atoms with E-state index in [9.17, 15) is 4.79 Å². The molecule has 0 spiro atoms. The predicted octanol–water partition coefficient (Wildman–Crippen LogP) is 2.10. The van der Waals surface area contributed by atoms with Crippen molar-refractivity contribution in [1.29, 1.82) is 0 Å². The zero-order valence-corrected chi connectivity index (χ0v) is 14.0. The van der Waals surface area contributed by atoms with E-state index in [1.54, 1.807) is 7.11 Å². The molecule has 0 bridgehead atoms. The lowest BCUT2D eigenvalue weighted by molar-refractivity contribution is -0.132. The second-order valence-electron chi connectivity index (χ2n) is 5.22. The summed E-state index contributed by atoms with van der Waals surface area (Å²) >= 11 is 0. The number of hydrogen-bond acceptors (Lipinski definition) is 4. The highest BCUT2D eigenvalue weighted by Gasteiger charge is 2.21. The number of nitrogens with one attached hydrogen (secondary N) is 1. The molecule has 0 aromatic heterocycles. The van der Waals surface area contributed by atoms with Crippen molar-refractivity contribution in [3.63, 3.8) is 0 Å². The van der Waals surface area contributed by atoms with Crippen LogP contribution in [-0.4, -0.2) is 50.7 Å². The van der Waals surface area contributed by atoms with Crippen LogP contribution in [0.25, 0.3) is 0 Å². The van der Waals surface area contributed by atoms with E-state index in [0.29, 0.717) is 19.1 Å². The Bertz CT molecular complexity index is 445. The third-order valence-corrected chi connectivity index (χ3v) is 3.90. The van der Waals surface area contributed by atoms with Gasteiger partial charge in [-0.05, 0) is 44.2 Å². The van der Waals surface area contributed by atoms with E-state index in [-0.39, 0.29) is 18.3 Å². The number of hydrogen-bond donors (Lipinski definition) is 1. The summed E-state index contributed by atoms with van der Waals surface area (Å²) in [5.41, 5.74) is 0. The summed E-state index contributed by atoms with van der Waals surface area (Å²) in [5.74, 6) is 1.74. The van der Waals surface area contributed by atoms with Crippen molar-refractivity contribution in [2.75, 3.05) is 33.9 Å². The number of benzene rings is 1. The highest BCUT2D eigenvalue weighted by atomic mass is 35.5. The van der Waals surface area contributed by atoms with E-state index in [4.69, 9.17) is 9.47 Å². The number of methoxy groups -OCH3 is 1. The van der Waals surface area contributed by atoms with Crippen LogP contribution in [0.5, 0.6) is 11.5 Å². The van der Waals surface area contributed by atoms with E-state index in [1.807, 2.05) is 36.2 Å². The minimum absolute atomic E-state index is 0. The normalized spacial score (nSPS) is 15.1. The Balaban J connectivity index is 0.00000242. The molecule has 0 saturated carbocycles. The van der Waals surface area contributed by atoms with E-state index in [0.717, 1.165) is 37.4 Å². The summed E-state index contributed by atoms with van der Waals surface area (Å²) in [6.45, 7) is 2.09. The molecule has 22 heavy (non-hydrogen) atoms. The molecule has 1 aliphatic heterocycles. The maximum Gasteiger partial charge on any atom is 0.225 e. The second kappa shape index (κ2) is 9.54. The minimum Gasteiger partial charge on any atom is -0.497 e. The number of rotatable bonds is 6.